The van der Waals surface area contributed by atoms with Crippen molar-refractivity contribution in [3.8, 4) is 72.4 Å². The smallest absolute Gasteiger partial charge is 0.0541 e. The summed E-state index contributed by atoms with van der Waals surface area (Å²) in [5, 5.41) is 5.15. The van der Waals surface area contributed by atoms with E-state index in [-0.39, 0.29) is 0 Å². The van der Waals surface area contributed by atoms with Gasteiger partial charge in [0.2, 0.25) is 0 Å². The van der Waals surface area contributed by atoms with E-state index in [0.29, 0.717) is 0 Å². The minimum atomic E-state index is 1.16. The summed E-state index contributed by atoms with van der Waals surface area (Å²) in [6.45, 7) is 0. The third-order valence-corrected chi connectivity index (χ3v) is 12.9. The molecule has 1 aliphatic rings. The van der Waals surface area contributed by atoms with Gasteiger partial charge in [0.25, 0.3) is 0 Å². The van der Waals surface area contributed by atoms with Crippen molar-refractivity contribution in [2.75, 3.05) is 0 Å². The van der Waals surface area contributed by atoms with E-state index in [2.05, 4.69) is 205 Å². The van der Waals surface area contributed by atoms with Crippen LogP contribution in [-0.4, -0.2) is 4.57 Å². The molecular formula is C54H33NS. The van der Waals surface area contributed by atoms with Crippen LogP contribution >= 0.6 is 11.3 Å². The lowest BCUT2D eigenvalue weighted by Gasteiger charge is -2.23. The molecule has 12 rings (SSSR count). The first-order chi connectivity index (χ1) is 27.8. The molecule has 260 valence electrons. The summed E-state index contributed by atoms with van der Waals surface area (Å²) in [5.41, 5.74) is 18.5. The number of thiophene rings is 1. The Bertz CT molecular complexity index is 3360. The lowest BCUT2D eigenvalue weighted by atomic mass is 9.80. The topological polar surface area (TPSA) is 4.93 Å². The predicted octanol–water partition coefficient (Wildman–Crippen LogP) is 15.5. The molecule has 2 heteroatoms. The van der Waals surface area contributed by atoms with Crippen LogP contribution in [0.4, 0.5) is 0 Å². The average molecular weight is 728 g/mol. The van der Waals surface area contributed by atoms with Gasteiger partial charge in [-0.15, -0.1) is 11.3 Å². The molecule has 0 unspecified atom stereocenters. The van der Waals surface area contributed by atoms with Gasteiger partial charge in [-0.05, 0) is 127 Å². The van der Waals surface area contributed by atoms with Crippen LogP contribution in [0.5, 0.6) is 0 Å². The van der Waals surface area contributed by atoms with Crippen molar-refractivity contribution in [2.45, 2.75) is 0 Å². The van der Waals surface area contributed by atoms with Gasteiger partial charge in [0.1, 0.15) is 0 Å². The second kappa shape index (κ2) is 12.3. The van der Waals surface area contributed by atoms with Crippen LogP contribution in [0.2, 0.25) is 0 Å². The number of fused-ring (bicyclic) bond motifs is 14. The van der Waals surface area contributed by atoms with Crippen molar-refractivity contribution in [3.05, 3.63) is 200 Å². The van der Waals surface area contributed by atoms with Crippen LogP contribution < -0.4 is 0 Å². The second-order valence-corrected chi connectivity index (χ2v) is 15.9. The van der Waals surface area contributed by atoms with Gasteiger partial charge in [0.15, 0.2) is 0 Å². The van der Waals surface area contributed by atoms with Gasteiger partial charge in [-0.3, -0.25) is 0 Å². The van der Waals surface area contributed by atoms with Gasteiger partial charge < -0.3 is 4.57 Å². The molecule has 11 aromatic rings. The van der Waals surface area contributed by atoms with E-state index < -0.39 is 0 Å². The number of benzene rings is 9. The minimum absolute atomic E-state index is 1.16. The van der Waals surface area contributed by atoms with E-state index in [4.69, 9.17) is 0 Å². The predicted molar refractivity (Wildman–Crippen MR) is 240 cm³/mol. The fourth-order valence-electron chi connectivity index (χ4n) is 9.18. The van der Waals surface area contributed by atoms with E-state index in [0.717, 1.165) is 5.69 Å². The van der Waals surface area contributed by atoms with Crippen LogP contribution in [-0.2, 0) is 0 Å². The van der Waals surface area contributed by atoms with Gasteiger partial charge >= 0.3 is 0 Å². The van der Waals surface area contributed by atoms with Crippen molar-refractivity contribution in [3.63, 3.8) is 0 Å². The molecule has 0 atom stereocenters. The molecule has 56 heavy (non-hydrogen) atoms. The molecule has 1 nitrogen and oxygen atoms in total. The van der Waals surface area contributed by atoms with E-state index >= 15 is 0 Å². The Hall–Kier alpha value is -7.00. The number of rotatable bonds is 3. The highest BCUT2D eigenvalue weighted by molar-refractivity contribution is 7.25. The number of aromatic nitrogens is 1. The zero-order chi connectivity index (χ0) is 36.7. The third kappa shape index (κ3) is 4.73. The van der Waals surface area contributed by atoms with Gasteiger partial charge in [-0.1, -0.05) is 140 Å². The maximum atomic E-state index is 2.42. The van der Waals surface area contributed by atoms with E-state index in [1.807, 2.05) is 11.3 Å². The van der Waals surface area contributed by atoms with E-state index in [1.165, 1.54) is 109 Å². The SMILES string of the molecule is c1ccc(-n2c3ccc(-c4ccc5c(c4)-c4ccccc4-c4ccccc4-c4ccccc4-5)cc3c3cc(-c4ccc5sc6ccccc6c5c4)ccc32)cc1. The molecule has 9 aromatic carbocycles. The monoisotopic (exact) mass is 727 g/mol. The van der Waals surface area contributed by atoms with Crippen molar-refractivity contribution >= 4 is 53.3 Å². The normalized spacial score (nSPS) is 11.9. The molecule has 0 saturated carbocycles. The Morgan fingerprint density at radius 1 is 0.268 bits per heavy atom. The van der Waals surface area contributed by atoms with E-state index in [1.54, 1.807) is 0 Å². The molecule has 0 aliphatic heterocycles. The van der Waals surface area contributed by atoms with Crippen molar-refractivity contribution in [1.29, 1.82) is 0 Å². The van der Waals surface area contributed by atoms with Gasteiger partial charge in [0.05, 0.1) is 11.0 Å². The minimum Gasteiger partial charge on any atom is -0.309 e. The number of hydrogen-bond donors (Lipinski definition) is 0. The van der Waals surface area contributed by atoms with Gasteiger partial charge in [-0.25, -0.2) is 0 Å². The first kappa shape index (κ1) is 31.4. The Balaban J connectivity index is 1.07. The zero-order valence-electron chi connectivity index (χ0n) is 30.4. The summed E-state index contributed by atoms with van der Waals surface area (Å²) in [6.07, 6.45) is 0. The maximum Gasteiger partial charge on any atom is 0.0541 e. The molecule has 2 heterocycles. The summed E-state index contributed by atoms with van der Waals surface area (Å²) < 4.78 is 5.08. The highest BCUT2D eigenvalue weighted by atomic mass is 32.1. The van der Waals surface area contributed by atoms with E-state index in [9.17, 15) is 0 Å². The largest absolute Gasteiger partial charge is 0.309 e. The molecule has 0 radical (unpaired) electrons. The first-order valence-corrected chi connectivity index (χ1v) is 20.1. The molecule has 0 bridgehead atoms. The number of nitrogens with zero attached hydrogens (tertiary/aromatic N) is 1. The van der Waals surface area contributed by atoms with Gasteiger partial charge in [0, 0.05) is 36.6 Å². The molecule has 0 N–H and O–H groups in total. The highest BCUT2D eigenvalue weighted by Crippen LogP contribution is 2.49. The van der Waals surface area contributed by atoms with Crippen LogP contribution in [0.3, 0.4) is 0 Å². The maximum absolute atomic E-state index is 2.42. The molecule has 0 saturated heterocycles. The fourth-order valence-corrected chi connectivity index (χ4v) is 10.3. The Morgan fingerprint density at radius 3 is 1.27 bits per heavy atom. The lowest BCUT2D eigenvalue weighted by Crippen LogP contribution is -1.97. The standard InChI is InChI=1S/C54H33NS/c1-2-12-38(13-3-1)55-51-27-23-35(31-48(51)49-32-36(24-28-52(49)55)37-25-29-54-50(33-37)46-20-10-11-21-53(46)56-54)34-22-26-45-43-18-7-6-16-41(43)39-14-4-5-15-40(39)42-17-8-9-19-44(42)47(45)30-34/h1-33H. The quantitative estimate of drug-likeness (QED) is 0.171. The Kier molecular flexibility index (Phi) is 6.87. The summed E-state index contributed by atoms with van der Waals surface area (Å²) in [4.78, 5) is 0. The first-order valence-electron chi connectivity index (χ1n) is 19.3. The van der Waals surface area contributed by atoms with Crippen molar-refractivity contribution < 1.29 is 0 Å². The number of hydrogen-bond acceptors (Lipinski definition) is 1. The lowest BCUT2D eigenvalue weighted by molar-refractivity contribution is 1.18. The molecule has 2 aromatic heterocycles. The van der Waals surface area contributed by atoms with Crippen molar-refractivity contribution in [1.82, 2.24) is 4.57 Å². The average Bonchev–Trinajstić information content (AvgIpc) is 3.81. The Morgan fingerprint density at radius 2 is 0.679 bits per heavy atom. The van der Waals surface area contributed by atoms with Crippen LogP contribution in [0.1, 0.15) is 0 Å². The highest BCUT2D eigenvalue weighted by Gasteiger charge is 2.22. The summed E-state index contributed by atoms with van der Waals surface area (Å²) in [6, 6.07) is 74.2. The van der Waals surface area contributed by atoms with Crippen LogP contribution in [0, 0.1) is 0 Å². The molecule has 0 fully saturated rings. The summed E-state index contributed by atoms with van der Waals surface area (Å²) >= 11 is 1.87. The molecule has 0 spiro atoms. The molecule has 0 amide bonds. The summed E-state index contributed by atoms with van der Waals surface area (Å²) in [5.74, 6) is 0. The fraction of sp³-hybridized carbons (Fsp3) is 0. The zero-order valence-corrected chi connectivity index (χ0v) is 31.2. The molecular weight excluding hydrogens is 695 g/mol. The second-order valence-electron chi connectivity index (χ2n) is 14.8. The number of para-hydroxylation sites is 1. The van der Waals surface area contributed by atoms with Crippen LogP contribution in [0.25, 0.3) is 114 Å². The van der Waals surface area contributed by atoms with Crippen molar-refractivity contribution in [2.24, 2.45) is 0 Å². The van der Waals surface area contributed by atoms with Gasteiger partial charge in [-0.2, -0.15) is 0 Å². The third-order valence-electron chi connectivity index (χ3n) is 11.8. The molecule has 1 aliphatic carbocycles. The Labute approximate surface area is 329 Å². The summed E-state index contributed by atoms with van der Waals surface area (Å²) in [7, 11) is 0. The van der Waals surface area contributed by atoms with Crippen LogP contribution in [0.15, 0.2) is 200 Å².